The van der Waals surface area contributed by atoms with Gasteiger partial charge in [0, 0.05) is 16.7 Å². The first-order chi connectivity index (χ1) is 9.11. The maximum absolute atomic E-state index is 11.9. The lowest BCUT2D eigenvalue weighted by Gasteiger charge is -2.26. The SMILES string of the molecule is Cc1cc(Br)cc(C)c1NC(=O)NCC(O)C(C)(C)C. The quantitative estimate of drug-likeness (QED) is 0.785. The highest BCUT2D eigenvalue weighted by atomic mass is 79.9. The topological polar surface area (TPSA) is 61.4 Å². The van der Waals surface area contributed by atoms with Crippen molar-refractivity contribution in [3.8, 4) is 0 Å². The van der Waals surface area contributed by atoms with Crippen LogP contribution >= 0.6 is 15.9 Å². The van der Waals surface area contributed by atoms with Crippen LogP contribution in [0.25, 0.3) is 0 Å². The number of aryl methyl sites for hydroxylation is 2. The highest BCUT2D eigenvalue weighted by molar-refractivity contribution is 9.10. The minimum atomic E-state index is -0.583. The minimum absolute atomic E-state index is 0.226. The van der Waals surface area contributed by atoms with Gasteiger partial charge in [-0.05, 0) is 42.5 Å². The lowest BCUT2D eigenvalue weighted by molar-refractivity contribution is 0.0654. The van der Waals surface area contributed by atoms with Gasteiger partial charge < -0.3 is 15.7 Å². The molecule has 1 atom stereocenters. The second kappa shape index (κ2) is 6.59. The van der Waals surface area contributed by atoms with Crippen LogP contribution in [0.2, 0.25) is 0 Å². The Balaban J connectivity index is 2.64. The predicted molar refractivity (Wildman–Crippen MR) is 86.1 cm³/mol. The van der Waals surface area contributed by atoms with Crippen molar-refractivity contribution in [2.45, 2.75) is 40.7 Å². The summed E-state index contributed by atoms with van der Waals surface area (Å²) >= 11 is 3.42. The fraction of sp³-hybridized carbons (Fsp3) is 0.533. The van der Waals surface area contributed by atoms with E-state index in [0.29, 0.717) is 0 Å². The van der Waals surface area contributed by atoms with Gasteiger partial charge in [-0.3, -0.25) is 0 Å². The summed E-state index contributed by atoms with van der Waals surface area (Å²) in [7, 11) is 0. The van der Waals surface area contributed by atoms with E-state index in [0.717, 1.165) is 21.3 Å². The van der Waals surface area contributed by atoms with E-state index in [1.807, 2.05) is 46.8 Å². The average Bonchev–Trinajstić information content (AvgIpc) is 2.29. The second-order valence-electron chi connectivity index (χ2n) is 6.13. The smallest absolute Gasteiger partial charge is 0.319 e. The molecule has 112 valence electrons. The van der Waals surface area contributed by atoms with Gasteiger partial charge in [-0.15, -0.1) is 0 Å². The van der Waals surface area contributed by atoms with Crippen molar-refractivity contribution in [1.29, 1.82) is 0 Å². The molecule has 4 nitrogen and oxygen atoms in total. The zero-order chi connectivity index (χ0) is 15.5. The van der Waals surface area contributed by atoms with Crippen LogP contribution in [0.1, 0.15) is 31.9 Å². The second-order valence-corrected chi connectivity index (χ2v) is 7.05. The normalized spacial score (nSPS) is 12.9. The molecule has 0 spiro atoms. The number of hydrogen-bond acceptors (Lipinski definition) is 2. The largest absolute Gasteiger partial charge is 0.391 e. The van der Waals surface area contributed by atoms with E-state index in [2.05, 4.69) is 26.6 Å². The number of anilines is 1. The van der Waals surface area contributed by atoms with Gasteiger partial charge in [0.1, 0.15) is 0 Å². The van der Waals surface area contributed by atoms with Crippen molar-refractivity contribution in [2.75, 3.05) is 11.9 Å². The van der Waals surface area contributed by atoms with Crippen molar-refractivity contribution in [3.05, 3.63) is 27.7 Å². The van der Waals surface area contributed by atoms with Gasteiger partial charge in [-0.2, -0.15) is 0 Å². The van der Waals surface area contributed by atoms with Crippen LogP contribution in [0.5, 0.6) is 0 Å². The van der Waals surface area contributed by atoms with Gasteiger partial charge in [0.25, 0.3) is 0 Å². The number of carbonyl (C=O) groups excluding carboxylic acids is 1. The Morgan fingerprint density at radius 2 is 1.80 bits per heavy atom. The molecule has 0 bridgehead atoms. The monoisotopic (exact) mass is 342 g/mol. The summed E-state index contributed by atoms with van der Waals surface area (Å²) in [6.45, 7) is 9.90. The van der Waals surface area contributed by atoms with E-state index in [1.165, 1.54) is 0 Å². The maximum Gasteiger partial charge on any atom is 0.319 e. The van der Waals surface area contributed by atoms with Crippen molar-refractivity contribution in [3.63, 3.8) is 0 Å². The summed E-state index contributed by atoms with van der Waals surface area (Å²) in [6, 6.07) is 3.60. The molecule has 20 heavy (non-hydrogen) atoms. The van der Waals surface area contributed by atoms with Crippen LogP contribution in [0, 0.1) is 19.3 Å². The molecule has 0 aliphatic rings. The van der Waals surface area contributed by atoms with Crippen molar-refractivity contribution < 1.29 is 9.90 Å². The Hall–Kier alpha value is -1.07. The van der Waals surface area contributed by atoms with Crippen LogP contribution in [-0.2, 0) is 0 Å². The molecular weight excluding hydrogens is 320 g/mol. The van der Waals surface area contributed by atoms with Gasteiger partial charge in [0.15, 0.2) is 0 Å². The first-order valence-corrected chi connectivity index (χ1v) is 7.40. The number of benzene rings is 1. The summed E-state index contributed by atoms with van der Waals surface area (Å²) in [5.41, 5.74) is 2.53. The fourth-order valence-electron chi connectivity index (χ4n) is 1.76. The molecule has 0 saturated heterocycles. The van der Waals surface area contributed by atoms with E-state index >= 15 is 0 Å². The Morgan fingerprint density at radius 3 is 2.25 bits per heavy atom. The Labute approximate surface area is 129 Å². The first kappa shape index (κ1) is 17.0. The number of aliphatic hydroxyl groups is 1. The minimum Gasteiger partial charge on any atom is -0.391 e. The summed E-state index contributed by atoms with van der Waals surface area (Å²) in [5, 5.41) is 15.4. The van der Waals surface area contributed by atoms with E-state index in [-0.39, 0.29) is 18.0 Å². The third-order valence-corrected chi connectivity index (χ3v) is 3.65. The number of halogens is 1. The molecule has 1 aromatic carbocycles. The Morgan fingerprint density at radius 1 is 1.30 bits per heavy atom. The van der Waals surface area contributed by atoms with Crippen molar-refractivity contribution in [1.82, 2.24) is 5.32 Å². The number of amides is 2. The van der Waals surface area contributed by atoms with Crippen LogP contribution in [0.3, 0.4) is 0 Å². The van der Waals surface area contributed by atoms with E-state index < -0.39 is 6.10 Å². The summed E-state index contributed by atoms with van der Waals surface area (Å²) < 4.78 is 0.988. The third-order valence-electron chi connectivity index (χ3n) is 3.19. The lowest BCUT2D eigenvalue weighted by Crippen LogP contribution is -2.41. The van der Waals surface area contributed by atoms with Crippen LogP contribution < -0.4 is 10.6 Å². The molecule has 0 aliphatic carbocycles. The molecule has 3 N–H and O–H groups in total. The average molecular weight is 343 g/mol. The standard InChI is InChI=1S/C15H23BrN2O2/c1-9-6-11(16)7-10(2)13(9)18-14(20)17-8-12(19)15(3,4)5/h6-7,12,19H,8H2,1-5H3,(H2,17,18,20). The zero-order valence-corrected chi connectivity index (χ0v) is 14.3. The fourth-order valence-corrected chi connectivity index (χ4v) is 2.45. The van der Waals surface area contributed by atoms with Crippen LogP contribution in [-0.4, -0.2) is 23.8 Å². The zero-order valence-electron chi connectivity index (χ0n) is 12.7. The number of aliphatic hydroxyl groups excluding tert-OH is 1. The predicted octanol–water partition coefficient (Wildman–Crippen LogP) is 3.59. The molecular formula is C15H23BrN2O2. The summed E-state index contributed by atoms with van der Waals surface area (Å²) in [5.74, 6) is 0. The van der Waals surface area contributed by atoms with E-state index in [1.54, 1.807) is 0 Å². The van der Waals surface area contributed by atoms with Crippen molar-refractivity contribution >= 4 is 27.6 Å². The molecule has 0 aliphatic heterocycles. The van der Waals surface area contributed by atoms with Crippen molar-refractivity contribution in [2.24, 2.45) is 5.41 Å². The highest BCUT2D eigenvalue weighted by Crippen LogP contribution is 2.25. The van der Waals surface area contributed by atoms with Gasteiger partial charge >= 0.3 is 6.03 Å². The summed E-state index contributed by atoms with van der Waals surface area (Å²) in [4.78, 5) is 11.9. The number of nitrogens with one attached hydrogen (secondary N) is 2. The lowest BCUT2D eigenvalue weighted by atomic mass is 9.89. The molecule has 1 aromatic rings. The number of urea groups is 1. The van der Waals surface area contributed by atoms with Gasteiger partial charge in [0.2, 0.25) is 0 Å². The van der Waals surface area contributed by atoms with E-state index in [9.17, 15) is 9.90 Å². The molecule has 0 heterocycles. The van der Waals surface area contributed by atoms with Gasteiger partial charge in [-0.1, -0.05) is 36.7 Å². The van der Waals surface area contributed by atoms with Gasteiger partial charge in [0.05, 0.1) is 6.10 Å². The molecule has 2 amide bonds. The van der Waals surface area contributed by atoms with Crippen LogP contribution in [0.4, 0.5) is 10.5 Å². The molecule has 1 rings (SSSR count). The molecule has 0 fully saturated rings. The number of hydrogen-bond donors (Lipinski definition) is 3. The third kappa shape index (κ3) is 4.80. The number of carbonyl (C=O) groups is 1. The van der Waals surface area contributed by atoms with E-state index in [4.69, 9.17) is 0 Å². The Kier molecular flexibility index (Phi) is 5.59. The molecule has 5 heteroatoms. The molecule has 0 saturated carbocycles. The first-order valence-electron chi connectivity index (χ1n) is 6.61. The number of rotatable bonds is 3. The molecule has 0 aromatic heterocycles. The Bertz CT molecular complexity index is 472. The molecule has 0 radical (unpaired) electrons. The molecule has 1 unspecified atom stereocenters. The highest BCUT2D eigenvalue weighted by Gasteiger charge is 2.22. The van der Waals surface area contributed by atoms with Gasteiger partial charge in [-0.25, -0.2) is 4.79 Å². The summed E-state index contributed by atoms with van der Waals surface area (Å²) in [6.07, 6.45) is -0.583. The maximum atomic E-state index is 11.9. The van der Waals surface area contributed by atoms with Crippen LogP contribution in [0.15, 0.2) is 16.6 Å².